The van der Waals surface area contributed by atoms with Crippen LogP contribution in [0.1, 0.15) is 6.42 Å². The van der Waals surface area contributed by atoms with Crippen molar-refractivity contribution in [2.75, 3.05) is 12.9 Å². The molecule has 0 unspecified atom stereocenters. The average Bonchev–Trinajstić information content (AvgIpc) is 2.71. The van der Waals surface area contributed by atoms with Crippen LogP contribution in [0.25, 0.3) is 10.2 Å². The Morgan fingerprint density at radius 3 is 2.84 bits per heavy atom. The van der Waals surface area contributed by atoms with Gasteiger partial charge in [-0.1, -0.05) is 0 Å². The van der Waals surface area contributed by atoms with Crippen molar-refractivity contribution >= 4 is 37.3 Å². The lowest BCUT2D eigenvalue weighted by molar-refractivity contribution is -0.118. The lowest BCUT2D eigenvalue weighted by Gasteiger charge is -2.03. The summed E-state index contributed by atoms with van der Waals surface area (Å²) in [6.07, 6.45) is 1.25. The van der Waals surface area contributed by atoms with E-state index in [0.29, 0.717) is 11.3 Å². The molecule has 1 aromatic heterocycles. The summed E-state index contributed by atoms with van der Waals surface area (Å²) in [6, 6.07) is 5.05. The SMILES string of the molecule is CS(=O)(=O)c1nc2ccc(OCCC(N)=O)cc2s1. The number of hydrogen-bond donors (Lipinski definition) is 1. The van der Waals surface area contributed by atoms with Gasteiger partial charge >= 0.3 is 0 Å². The highest BCUT2D eigenvalue weighted by atomic mass is 32.2. The molecule has 8 heteroatoms. The molecule has 0 fully saturated rings. The number of aromatic nitrogens is 1. The Morgan fingerprint density at radius 1 is 1.47 bits per heavy atom. The first-order valence-corrected chi connectivity index (χ1v) is 8.09. The number of benzene rings is 1. The van der Waals surface area contributed by atoms with Crippen LogP contribution < -0.4 is 10.5 Å². The van der Waals surface area contributed by atoms with Crippen molar-refractivity contribution in [2.24, 2.45) is 5.73 Å². The van der Waals surface area contributed by atoms with Crippen LogP contribution >= 0.6 is 11.3 Å². The number of rotatable bonds is 5. The molecular weight excluding hydrogens is 288 g/mol. The van der Waals surface area contributed by atoms with E-state index in [-0.39, 0.29) is 17.4 Å². The van der Waals surface area contributed by atoms with E-state index < -0.39 is 15.7 Å². The summed E-state index contributed by atoms with van der Waals surface area (Å²) in [5.74, 6) is 0.121. The first-order valence-electron chi connectivity index (χ1n) is 5.38. The second-order valence-corrected chi connectivity index (χ2v) is 7.17. The smallest absolute Gasteiger partial charge is 0.220 e. The number of thiazole rings is 1. The van der Waals surface area contributed by atoms with Gasteiger partial charge in [0, 0.05) is 6.26 Å². The van der Waals surface area contributed by atoms with Crippen LogP contribution in [0.4, 0.5) is 0 Å². The first kappa shape index (κ1) is 13.8. The first-order chi connectivity index (χ1) is 8.86. The molecule has 0 saturated heterocycles. The summed E-state index contributed by atoms with van der Waals surface area (Å²) in [5, 5.41) is 0. The Morgan fingerprint density at radius 2 is 2.21 bits per heavy atom. The van der Waals surface area contributed by atoms with Gasteiger partial charge in [-0.25, -0.2) is 13.4 Å². The highest BCUT2D eigenvalue weighted by Crippen LogP contribution is 2.28. The lowest BCUT2D eigenvalue weighted by Crippen LogP contribution is -2.14. The van der Waals surface area contributed by atoms with Crippen LogP contribution in [0.3, 0.4) is 0 Å². The molecule has 1 aromatic carbocycles. The van der Waals surface area contributed by atoms with Crippen molar-refractivity contribution in [3.63, 3.8) is 0 Å². The van der Waals surface area contributed by atoms with Gasteiger partial charge in [0.15, 0.2) is 0 Å². The zero-order valence-corrected chi connectivity index (χ0v) is 11.8. The zero-order chi connectivity index (χ0) is 14.0. The second-order valence-electron chi connectivity index (χ2n) is 3.95. The van der Waals surface area contributed by atoms with Crippen molar-refractivity contribution in [1.82, 2.24) is 4.98 Å². The van der Waals surface area contributed by atoms with Crippen LogP contribution in [0.15, 0.2) is 22.5 Å². The van der Waals surface area contributed by atoms with Crippen molar-refractivity contribution in [1.29, 1.82) is 0 Å². The number of amides is 1. The molecule has 0 aliphatic carbocycles. The van der Waals surface area contributed by atoms with E-state index in [1.807, 2.05) is 0 Å². The number of ether oxygens (including phenoxy) is 1. The number of carbonyl (C=O) groups excluding carboxylic acids is 1. The number of nitrogens with two attached hydrogens (primary N) is 1. The maximum absolute atomic E-state index is 11.4. The molecule has 0 spiro atoms. The number of fused-ring (bicyclic) bond motifs is 1. The minimum atomic E-state index is -3.30. The molecule has 0 atom stereocenters. The Balaban J connectivity index is 2.23. The van der Waals surface area contributed by atoms with Gasteiger partial charge in [-0.05, 0) is 18.2 Å². The average molecular weight is 300 g/mol. The van der Waals surface area contributed by atoms with Crippen molar-refractivity contribution < 1.29 is 17.9 Å². The van der Waals surface area contributed by atoms with Crippen molar-refractivity contribution in [3.05, 3.63) is 18.2 Å². The molecule has 19 heavy (non-hydrogen) atoms. The molecule has 102 valence electrons. The van der Waals surface area contributed by atoms with Crippen LogP contribution in [0.2, 0.25) is 0 Å². The molecule has 0 radical (unpaired) electrons. The molecule has 1 heterocycles. The molecule has 0 aliphatic heterocycles. The van der Waals surface area contributed by atoms with Gasteiger partial charge in [-0.3, -0.25) is 4.79 Å². The van der Waals surface area contributed by atoms with Gasteiger partial charge in [0.05, 0.1) is 23.2 Å². The Kier molecular flexibility index (Phi) is 3.72. The molecule has 1 amide bonds. The number of sulfone groups is 1. The molecule has 2 aromatic rings. The van der Waals surface area contributed by atoms with Crippen LogP contribution in [0.5, 0.6) is 5.75 Å². The third-order valence-corrected chi connectivity index (χ3v) is 4.97. The van der Waals surface area contributed by atoms with E-state index in [2.05, 4.69) is 4.98 Å². The summed E-state index contributed by atoms with van der Waals surface area (Å²) in [4.78, 5) is 14.6. The van der Waals surface area contributed by atoms with Gasteiger partial charge < -0.3 is 10.5 Å². The van der Waals surface area contributed by atoms with Gasteiger partial charge in [-0.15, -0.1) is 11.3 Å². The fourth-order valence-electron chi connectivity index (χ4n) is 1.40. The lowest BCUT2D eigenvalue weighted by atomic mass is 10.3. The van der Waals surface area contributed by atoms with Gasteiger partial charge in [-0.2, -0.15) is 0 Å². The van der Waals surface area contributed by atoms with E-state index in [0.717, 1.165) is 22.3 Å². The topological polar surface area (TPSA) is 99.3 Å². The molecule has 2 rings (SSSR count). The third-order valence-electron chi connectivity index (χ3n) is 2.27. The van der Waals surface area contributed by atoms with Crippen LogP contribution in [0, 0.1) is 0 Å². The maximum Gasteiger partial charge on any atom is 0.220 e. The predicted octanol–water partition coefficient (Wildman–Crippen LogP) is 0.954. The predicted molar refractivity (Wildman–Crippen MR) is 72.0 cm³/mol. The van der Waals surface area contributed by atoms with E-state index >= 15 is 0 Å². The minimum Gasteiger partial charge on any atom is -0.493 e. The molecule has 2 N–H and O–H groups in total. The second kappa shape index (κ2) is 5.14. The van der Waals surface area contributed by atoms with E-state index in [1.54, 1.807) is 18.2 Å². The summed E-state index contributed by atoms with van der Waals surface area (Å²) >= 11 is 1.09. The quantitative estimate of drug-likeness (QED) is 0.886. The summed E-state index contributed by atoms with van der Waals surface area (Å²) < 4.78 is 28.9. The molecule has 0 bridgehead atoms. The number of primary amides is 1. The molecular formula is C11H12N2O4S2. The summed E-state index contributed by atoms with van der Waals surface area (Å²) in [6.45, 7) is 0.193. The van der Waals surface area contributed by atoms with Crippen molar-refractivity contribution in [3.8, 4) is 5.75 Å². The Labute approximate surface area is 114 Å². The molecule has 6 nitrogen and oxygen atoms in total. The standard InChI is InChI=1S/C11H12N2O4S2/c1-19(15,16)11-13-8-3-2-7(6-9(8)18-11)17-5-4-10(12)14/h2-3,6H,4-5H2,1H3,(H2,12,14). The monoisotopic (exact) mass is 300 g/mol. The zero-order valence-electron chi connectivity index (χ0n) is 10.1. The normalized spacial score (nSPS) is 11.6. The van der Waals surface area contributed by atoms with Crippen molar-refractivity contribution in [2.45, 2.75) is 10.8 Å². The van der Waals surface area contributed by atoms with Crippen LogP contribution in [-0.4, -0.2) is 32.2 Å². The largest absolute Gasteiger partial charge is 0.493 e. The van der Waals surface area contributed by atoms with Gasteiger partial charge in [0.25, 0.3) is 0 Å². The van der Waals surface area contributed by atoms with Gasteiger partial charge in [0.2, 0.25) is 20.1 Å². The number of carbonyl (C=O) groups is 1. The minimum absolute atomic E-state index is 0.0804. The van der Waals surface area contributed by atoms with E-state index in [4.69, 9.17) is 10.5 Å². The summed E-state index contributed by atoms with van der Waals surface area (Å²) in [7, 11) is -3.30. The fraction of sp³-hybridized carbons (Fsp3) is 0.273. The highest BCUT2D eigenvalue weighted by molar-refractivity contribution is 7.92. The highest BCUT2D eigenvalue weighted by Gasteiger charge is 2.14. The fourth-order valence-corrected chi connectivity index (χ4v) is 3.27. The summed E-state index contributed by atoms with van der Waals surface area (Å²) in [5.41, 5.74) is 5.61. The van der Waals surface area contributed by atoms with E-state index in [9.17, 15) is 13.2 Å². The molecule has 0 aliphatic rings. The number of hydrogen-bond acceptors (Lipinski definition) is 6. The molecule has 0 saturated carbocycles. The Hall–Kier alpha value is -1.67. The van der Waals surface area contributed by atoms with E-state index in [1.165, 1.54) is 0 Å². The number of nitrogens with zero attached hydrogens (tertiary/aromatic N) is 1. The van der Waals surface area contributed by atoms with Crippen LogP contribution in [-0.2, 0) is 14.6 Å². The Bertz CT molecular complexity index is 721. The third kappa shape index (κ3) is 3.42. The van der Waals surface area contributed by atoms with Gasteiger partial charge in [0.1, 0.15) is 5.75 Å². The maximum atomic E-state index is 11.4.